The van der Waals surface area contributed by atoms with Gasteiger partial charge in [0.2, 0.25) is 12.0 Å². The highest BCUT2D eigenvalue weighted by atomic mass is 19.4. The van der Waals surface area contributed by atoms with Gasteiger partial charge in [-0.15, -0.1) is 0 Å². The fourth-order valence-corrected chi connectivity index (χ4v) is 2.75. The van der Waals surface area contributed by atoms with E-state index in [4.69, 9.17) is 9.47 Å². The third kappa shape index (κ3) is 4.64. The number of carbonyl (C=O) groups excluding carboxylic acids is 2. The van der Waals surface area contributed by atoms with Gasteiger partial charge in [-0.3, -0.25) is 9.59 Å². The van der Waals surface area contributed by atoms with Gasteiger partial charge in [0.1, 0.15) is 5.75 Å². The fourth-order valence-electron chi connectivity index (χ4n) is 2.75. The predicted octanol–water partition coefficient (Wildman–Crippen LogP) is 2.58. The molecule has 1 aromatic carbocycles. The van der Waals surface area contributed by atoms with E-state index in [1.54, 1.807) is 25.1 Å². The molecule has 1 amide bonds. The lowest BCUT2D eigenvalue weighted by molar-refractivity contribution is -0.215. The van der Waals surface area contributed by atoms with Gasteiger partial charge in [0.05, 0.1) is 18.9 Å². The first-order valence-corrected chi connectivity index (χ1v) is 7.96. The molecule has 0 saturated heterocycles. The summed E-state index contributed by atoms with van der Waals surface area (Å²) < 4.78 is 49.9. The molecular formula is C17H20F3NO4. The molecule has 0 aromatic heterocycles. The van der Waals surface area contributed by atoms with Crippen molar-refractivity contribution >= 4 is 11.9 Å². The minimum atomic E-state index is -4.67. The summed E-state index contributed by atoms with van der Waals surface area (Å²) in [6.45, 7) is 1.85. The molecule has 25 heavy (non-hydrogen) atoms. The Labute approximate surface area is 143 Å². The molecule has 2 rings (SSSR count). The van der Waals surface area contributed by atoms with E-state index in [9.17, 15) is 22.8 Å². The summed E-state index contributed by atoms with van der Waals surface area (Å²) >= 11 is 0. The second-order valence-corrected chi connectivity index (χ2v) is 5.81. The number of hydrogen-bond acceptors (Lipinski definition) is 4. The van der Waals surface area contributed by atoms with Gasteiger partial charge in [0.15, 0.2) is 0 Å². The number of rotatable bonds is 5. The van der Waals surface area contributed by atoms with Gasteiger partial charge in [-0.2, -0.15) is 13.2 Å². The van der Waals surface area contributed by atoms with Gasteiger partial charge in [0, 0.05) is 13.6 Å². The van der Waals surface area contributed by atoms with Crippen LogP contribution in [0.5, 0.6) is 5.75 Å². The predicted molar refractivity (Wildman–Crippen MR) is 83.0 cm³/mol. The standard InChI is InChI=1S/C17H20F3NO4/c1-3-24-14(22)8-9-21(2)16(23)12-10-11-6-4-5-7-13(11)25-15(12)17(18,19)20/h4-7,12,15H,3,8-10H2,1-2H3/t12-,15-/m1/s1. The summed E-state index contributed by atoms with van der Waals surface area (Å²) in [5.41, 5.74) is 0.556. The Hall–Kier alpha value is -2.25. The Bertz CT molecular complexity index is 633. The van der Waals surface area contributed by atoms with E-state index in [2.05, 4.69) is 0 Å². The maximum Gasteiger partial charge on any atom is 0.426 e. The number of halogens is 3. The molecule has 0 spiro atoms. The van der Waals surface area contributed by atoms with Crippen LogP contribution in [0.3, 0.4) is 0 Å². The van der Waals surface area contributed by atoms with Crippen LogP contribution in [0, 0.1) is 5.92 Å². The summed E-state index contributed by atoms with van der Waals surface area (Å²) in [4.78, 5) is 25.0. The number of alkyl halides is 3. The zero-order valence-electron chi connectivity index (χ0n) is 14.0. The summed E-state index contributed by atoms with van der Waals surface area (Å²) in [5.74, 6) is -2.45. The van der Waals surface area contributed by atoms with Crippen molar-refractivity contribution in [1.29, 1.82) is 0 Å². The zero-order valence-corrected chi connectivity index (χ0v) is 14.0. The van der Waals surface area contributed by atoms with Crippen molar-refractivity contribution in [2.75, 3.05) is 20.2 Å². The van der Waals surface area contributed by atoms with Crippen LogP contribution < -0.4 is 4.74 Å². The van der Waals surface area contributed by atoms with E-state index >= 15 is 0 Å². The van der Waals surface area contributed by atoms with Gasteiger partial charge in [0.25, 0.3) is 0 Å². The molecule has 0 bridgehead atoms. The molecule has 1 aliphatic rings. The molecule has 1 aliphatic heterocycles. The van der Waals surface area contributed by atoms with Gasteiger partial charge >= 0.3 is 12.1 Å². The first-order chi connectivity index (χ1) is 11.7. The highest BCUT2D eigenvalue weighted by molar-refractivity contribution is 5.81. The molecule has 0 fully saturated rings. The van der Waals surface area contributed by atoms with Crippen molar-refractivity contribution < 1.29 is 32.2 Å². The number of amides is 1. The number of hydrogen-bond donors (Lipinski definition) is 0. The average Bonchev–Trinajstić information content (AvgIpc) is 2.57. The SMILES string of the molecule is CCOC(=O)CCN(C)C(=O)[C@@H]1Cc2ccccc2O[C@H]1C(F)(F)F. The van der Waals surface area contributed by atoms with Crippen molar-refractivity contribution in [3.63, 3.8) is 0 Å². The van der Waals surface area contributed by atoms with Crippen LogP contribution in [0.15, 0.2) is 24.3 Å². The average molecular weight is 359 g/mol. The molecule has 0 N–H and O–H groups in total. The molecule has 0 aliphatic carbocycles. The van der Waals surface area contributed by atoms with E-state index < -0.39 is 30.1 Å². The van der Waals surface area contributed by atoms with Gasteiger partial charge in [-0.25, -0.2) is 0 Å². The number of fused-ring (bicyclic) bond motifs is 1. The molecule has 2 atom stereocenters. The van der Waals surface area contributed by atoms with Crippen LogP contribution >= 0.6 is 0 Å². The quantitative estimate of drug-likeness (QED) is 0.759. The fraction of sp³-hybridized carbons (Fsp3) is 0.529. The minimum absolute atomic E-state index is 0.0135. The van der Waals surface area contributed by atoms with Crippen molar-refractivity contribution in [2.45, 2.75) is 32.0 Å². The summed E-state index contributed by atoms with van der Waals surface area (Å²) in [7, 11) is 1.37. The van der Waals surface area contributed by atoms with Gasteiger partial charge < -0.3 is 14.4 Å². The molecule has 8 heteroatoms. The molecular weight excluding hydrogens is 339 g/mol. The van der Waals surface area contributed by atoms with Crippen LogP contribution in [-0.2, 0) is 20.7 Å². The number of benzene rings is 1. The zero-order chi connectivity index (χ0) is 18.6. The minimum Gasteiger partial charge on any atom is -0.480 e. The lowest BCUT2D eigenvalue weighted by atomic mass is 9.89. The number of esters is 1. The summed E-state index contributed by atoms with van der Waals surface area (Å²) in [6, 6.07) is 6.36. The van der Waals surface area contributed by atoms with Crippen LogP contribution in [0.1, 0.15) is 18.9 Å². The lowest BCUT2D eigenvalue weighted by Gasteiger charge is -2.35. The van der Waals surface area contributed by atoms with E-state index in [0.717, 1.165) is 4.90 Å². The number of para-hydroxylation sites is 1. The Balaban J connectivity index is 2.13. The second-order valence-electron chi connectivity index (χ2n) is 5.81. The van der Waals surface area contributed by atoms with Crippen LogP contribution in [0.4, 0.5) is 13.2 Å². The maximum atomic E-state index is 13.4. The number of carbonyl (C=O) groups is 2. The van der Waals surface area contributed by atoms with Gasteiger partial charge in [-0.1, -0.05) is 18.2 Å². The highest BCUT2D eigenvalue weighted by Crippen LogP contribution is 2.38. The highest BCUT2D eigenvalue weighted by Gasteiger charge is 2.52. The molecule has 1 aromatic rings. The number of nitrogens with zero attached hydrogens (tertiary/aromatic N) is 1. The van der Waals surface area contributed by atoms with Crippen molar-refractivity contribution in [3.05, 3.63) is 29.8 Å². The first kappa shape index (κ1) is 19.1. The van der Waals surface area contributed by atoms with E-state index in [0.29, 0.717) is 5.56 Å². The Morgan fingerprint density at radius 3 is 2.64 bits per heavy atom. The lowest BCUT2D eigenvalue weighted by Crippen LogP contribution is -2.51. The van der Waals surface area contributed by atoms with E-state index in [-0.39, 0.29) is 31.7 Å². The Morgan fingerprint density at radius 1 is 1.32 bits per heavy atom. The molecule has 138 valence electrons. The third-order valence-electron chi connectivity index (χ3n) is 4.00. The molecule has 0 saturated carbocycles. The van der Waals surface area contributed by atoms with E-state index in [1.807, 2.05) is 0 Å². The smallest absolute Gasteiger partial charge is 0.426 e. The molecule has 5 nitrogen and oxygen atoms in total. The van der Waals surface area contributed by atoms with Crippen molar-refractivity contribution in [2.24, 2.45) is 5.92 Å². The topological polar surface area (TPSA) is 55.8 Å². The largest absolute Gasteiger partial charge is 0.480 e. The van der Waals surface area contributed by atoms with Crippen LogP contribution in [0.2, 0.25) is 0 Å². The van der Waals surface area contributed by atoms with E-state index in [1.165, 1.54) is 13.1 Å². The summed E-state index contributed by atoms with van der Waals surface area (Å²) in [5, 5.41) is 0. The maximum absolute atomic E-state index is 13.4. The monoisotopic (exact) mass is 359 g/mol. The normalized spacial score (nSPS) is 19.6. The van der Waals surface area contributed by atoms with Crippen molar-refractivity contribution in [1.82, 2.24) is 4.90 Å². The Kier molecular flexibility index (Phi) is 5.92. The van der Waals surface area contributed by atoms with Crippen molar-refractivity contribution in [3.8, 4) is 5.75 Å². The molecule has 0 radical (unpaired) electrons. The number of ether oxygens (including phenoxy) is 2. The first-order valence-electron chi connectivity index (χ1n) is 7.96. The molecule has 1 heterocycles. The van der Waals surface area contributed by atoms with Crippen LogP contribution in [-0.4, -0.2) is 49.3 Å². The van der Waals surface area contributed by atoms with Gasteiger partial charge in [-0.05, 0) is 25.0 Å². The Morgan fingerprint density at radius 2 is 2.00 bits per heavy atom. The van der Waals surface area contributed by atoms with Crippen LogP contribution in [0.25, 0.3) is 0 Å². The second kappa shape index (κ2) is 7.76. The summed E-state index contributed by atoms with van der Waals surface area (Å²) in [6.07, 6.45) is -7.02. The molecule has 0 unspecified atom stereocenters. The third-order valence-corrected chi connectivity index (χ3v) is 4.00.